The lowest BCUT2D eigenvalue weighted by molar-refractivity contribution is -0.120. The van der Waals surface area contributed by atoms with Gasteiger partial charge in [0.05, 0.1) is 5.25 Å². The smallest absolute Gasteiger partial charge is 0.233 e. The van der Waals surface area contributed by atoms with E-state index in [1.807, 2.05) is 38.1 Å². The van der Waals surface area contributed by atoms with E-state index in [0.717, 1.165) is 29.5 Å². The molecule has 1 aromatic heterocycles. The highest BCUT2D eigenvalue weighted by Gasteiger charge is 2.21. The lowest BCUT2D eigenvalue weighted by Gasteiger charge is -2.17. The zero-order valence-corrected chi connectivity index (χ0v) is 18.1. The Bertz CT molecular complexity index is 732. The Morgan fingerprint density at radius 2 is 1.93 bits per heavy atom. The van der Waals surface area contributed by atoms with Gasteiger partial charge in [0, 0.05) is 23.7 Å². The molecule has 0 spiro atoms. The molecule has 1 heterocycles. The summed E-state index contributed by atoms with van der Waals surface area (Å²) < 4.78 is 2.14. The first-order valence-electron chi connectivity index (χ1n) is 9.59. The van der Waals surface area contributed by atoms with Crippen LogP contribution in [0.15, 0.2) is 29.4 Å². The molecule has 0 fully saturated rings. The van der Waals surface area contributed by atoms with Crippen LogP contribution in [0.2, 0.25) is 5.02 Å². The van der Waals surface area contributed by atoms with Crippen LogP contribution in [-0.4, -0.2) is 32.5 Å². The topological polar surface area (TPSA) is 59.8 Å². The van der Waals surface area contributed by atoms with Gasteiger partial charge in [-0.25, -0.2) is 0 Å². The summed E-state index contributed by atoms with van der Waals surface area (Å²) in [6.45, 7) is 9.74. The highest BCUT2D eigenvalue weighted by atomic mass is 35.5. The van der Waals surface area contributed by atoms with E-state index in [2.05, 4.69) is 33.9 Å². The number of carbonyl (C=O) groups excluding carboxylic acids is 1. The first-order chi connectivity index (χ1) is 13.0. The molecule has 0 aliphatic heterocycles. The number of nitrogens with zero attached hydrogens (tertiary/aromatic N) is 3. The Hall–Kier alpha value is -1.53. The molecule has 2 aromatic rings. The number of carbonyl (C=O) groups is 1. The van der Waals surface area contributed by atoms with Crippen molar-refractivity contribution in [1.29, 1.82) is 0 Å². The molecule has 148 valence electrons. The van der Waals surface area contributed by atoms with Crippen LogP contribution in [-0.2, 0) is 11.3 Å². The molecule has 27 heavy (non-hydrogen) atoms. The van der Waals surface area contributed by atoms with E-state index < -0.39 is 0 Å². The van der Waals surface area contributed by atoms with Crippen LogP contribution < -0.4 is 5.32 Å². The number of benzene rings is 1. The predicted molar refractivity (Wildman–Crippen MR) is 113 cm³/mol. The summed E-state index contributed by atoms with van der Waals surface area (Å²) in [6, 6.07) is 7.64. The number of nitrogens with one attached hydrogen (secondary N) is 1. The predicted octanol–water partition coefficient (Wildman–Crippen LogP) is 5.04. The van der Waals surface area contributed by atoms with Crippen molar-refractivity contribution >= 4 is 29.3 Å². The van der Waals surface area contributed by atoms with Crippen LogP contribution in [0.3, 0.4) is 0 Å². The molecular formula is C20H29ClN4OS. The third-order valence-corrected chi connectivity index (χ3v) is 5.70. The quantitative estimate of drug-likeness (QED) is 0.559. The van der Waals surface area contributed by atoms with Gasteiger partial charge in [-0.3, -0.25) is 4.79 Å². The Morgan fingerprint density at radius 1 is 1.22 bits per heavy atom. The molecule has 0 radical (unpaired) electrons. The number of thioether (sulfide) groups is 1. The maximum Gasteiger partial charge on any atom is 0.233 e. The van der Waals surface area contributed by atoms with Crippen LogP contribution in [0, 0.1) is 5.92 Å². The molecule has 5 nitrogen and oxygen atoms in total. The van der Waals surface area contributed by atoms with Gasteiger partial charge >= 0.3 is 0 Å². The number of rotatable bonds is 10. The van der Waals surface area contributed by atoms with Crippen LogP contribution in [0.25, 0.3) is 11.4 Å². The number of halogens is 1. The maximum atomic E-state index is 12.1. The molecule has 0 saturated heterocycles. The van der Waals surface area contributed by atoms with Gasteiger partial charge in [-0.1, -0.05) is 50.1 Å². The molecule has 2 atom stereocenters. The summed E-state index contributed by atoms with van der Waals surface area (Å²) in [5, 5.41) is 12.9. The zero-order chi connectivity index (χ0) is 19.8. The summed E-state index contributed by atoms with van der Waals surface area (Å²) in [7, 11) is 0. The second-order valence-electron chi connectivity index (χ2n) is 6.83. The van der Waals surface area contributed by atoms with Crippen molar-refractivity contribution in [3.05, 3.63) is 29.3 Å². The molecule has 0 saturated carbocycles. The van der Waals surface area contributed by atoms with E-state index in [0.29, 0.717) is 17.5 Å². The zero-order valence-electron chi connectivity index (χ0n) is 16.5. The fourth-order valence-corrected chi connectivity index (χ4v) is 3.85. The molecule has 1 aromatic carbocycles. The first kappa shape index (κ1) is 21.8. The Labute approximate surface area is 171 Å². The third kappa shape index (κ3) is 6.25. The van der Waals surface area contributed by atoms with Crippen LogP contribution in [0.4, 0.5) is 0 Å². The van der Waals surface area contributed by atoms with Gasteiger partial charge in [-0.15, -0.1) is 10.2 Å². The molecule has 0 bridgehead atoms. The monoisotopic (exact) mass is 408 g/mol. The SMILES string of the molecule is CCCC[C@@H](C)Cn1c(S[C@H](C)C(=O)NCC)nnc1-c1ccc(Cl)cc1. The lowest BCUT2D eigenvalue weighted by Crippen LogP contribution is -2.30. The molecule has 0 aliphatic rings. The van der Waals surface area contributed by atoms with Crippen LogP contribution >= 0.6 is 23.4 Å². The number of aromatic nitrogens is 3. The standard InChI is InChI=1S/C20H29ClN4OS/c1-5-7-8-14(3)13-25-18(16-9-11-17(21)12-10-16)23-24-20(25)27-15(4)19(26)22-6-2/h9-12,14-15H,5-8,13H2,1-4H3,(H,22,26)/t14-,15-/m1/s1. The number of hydrogen-bond acceptors (Lipinski definition) is 4. The molecule has 1 N–H and O–H groups in total. The molecule has 7 heteroatoms. The number of hydrogen-bond donors (Lipinski definition) is 1. The second-order valence-corrected chi connectivity index (χ2v) is 8.57. The Balaban J connectivity index is 2.29. The van der Waals surface area contributed by atoms with Crippen molar-refractivity contribution in [3.63, 3.8) is 0 Å². The van der Waals surface area contributed by atoms with Crippen molar-refractivity contribution in [2.24, 2.45) is 5.92 Å². The molecule has 1 amide bonds. The van der Waals surface area contributed by atoms with Crippen LogP contribution in [0.1, 0.15) is 47.0 Å². The first-order valence-corrected chi connectivity index (χ1v) is 10.9. The fourth-order valence-electron chi connectivity index (χ4n) is 2.84. The molecular weight excluding hydrogens is 380 g/mol. The van der Waals surface area contributed by atoms with Crippen molar-refractivity contribution in [2.75, 3.05) is 6.54 Å². The van der Waals surface area contributed by atoms with E-state index in [9.17, 15) is 4.79 Å². The number of amides is 1. The molecule has 0 aliphatic carbocycles. The van der Waals surface area contributed by atoms with Gasteiger partial charge in [-0.2, -0.15) is 0 Å². The van der Waals surface area contributed by atoms with E-state index in [1.54, 1.807) is 0 Å². The van der Waals surface area contributed by atoms with E-state index in [-0.39, 0.29) is 11.2 Å². The normalized spacial score (nSPS) is 13.4. The Kier molecular flexibility index (Phi) is 8.64. The van der Waals surface area contributed by atoms with Crippen molar-refractivity contribution in [2.45, 2.75) is 63.9 Å². The van der Waals surface area contributed by atoms with E-state index >= 15 is 0 Å². The third-order valence-electron chi connectivity index (χ3n) is 4.37. The average Bonchev–Trinajstić information content (AvgIpc) is 3.03. The Morgan fingerprint density at radius 3 is 2.56 bits per heavy atom. The van der Waals surface area contributed by atoms with Gasteiger partial charge in [0.15, 0.2) is 11.0 Å². The highest BCUT2D eigenvalue weighted by molar-refractivity contribution is 8.00. The van der Waals surface area contributed by atoms with Gasteiger partial charge in [0.2, 0.25) is 5.91 Å². The summed E-state index contributed by atoms with van der Waals surface area (Å²) >= 11 is 7.48. The van der Waals surface area contributed by atoms with Gasteiger partial charge in [-0.05, 0) is 50.5 Å². The minimum atomic E-state index is -0.225. The van der Waals surface area contributed by atoms with Crippen molar-refractivity contribution in [1.82, 2.24) is 20.1 Å². The van der Waals surface area contributed by atoms with E-state index in [1.165, 1.54) is 24.6 Å². The summed E-state index contributed by atoms with van der Waals surface area (Å²) in [5.74, 6) is 1.34. The summed E-state index contributed by atoms with van der Waals surface area (Å²) in [4.78, 5) is 12.1. The molecule has 0 unspecified atom stereocenters. The van der Waals surface area contributed by atoms with E-state index in [4.69, 9.17) is 11.6 Å². The van der Waals surface area contributed by atoms with Crippen molar-refractivity contribution in [3.8, 4) is 11.4 Å². The maximum absolute atomic E-state index is 12.1. The average molecular weight is 409 g/mol. The summed E-state index contributed by atoms with van der Waals surface area (Å²) in [6.07, 6.45) is 3.55. The minimum absolute atomic E-state index is 0.0177. The van der Waals surface area contributed by atoms with Crippen molar-refractivity contribution < 1.29 is 4.79 Å². The highest BCUT2D eigenvalue weighted by Crippen LogP contribution is 2.29. The number of unbranched alkanes of at least 4 members (excludes halogenated alkanes) is 1. The second kappa shape index (κ2) is 10.7. The largest absolute Gasteiger partial charge is 0.355 e. The van der Waals surface area contributed by atoms with Gasteiger partial charge < -0.3 is 9.88 Å². The lowest BCUT2D eigenvalue weighted by atomic mass is 10.0. The molecule has 2 rings (SSSR count). The van der Waals surface area contributed by atoms with Crippen LogP contribution in [0.5, 0.6) is 0 Å². The summed E-state index contributed by atoms with van der Waals surface area (Å²) in [5.41, 5.74) is 0.979. The minimum Gasteiger partial charge on any atom is -0.355 e. The fraction of sp³-hybridized carbons (Fsp3) is 0.550. The van der Waals surface area contributed by atoms with Gasteiger partial charge in [0.1, 0.15) is 0 Å². The van der Waals surface area contributed by atoms with Gasteiger partial charge in [0.25, 0.3) is 0 Å².